The second-order valence-corrected chi connectivity index (χ2v) is 7.87. The zero-order valence-corrected chi connectivity index (χ0v) is 19.3. The van der Waals surface area contributed by atoms with Crippen molar-refractivity contribution in [2.75, 3.05) is 18.4 Å². The number of hydrogen-bond acceptors (Lipinski definition) is 5. The molecule has 1 atom stereocenters. The first kappa shape index (κ1) is 25.2. The van der Waals surface area contributed by atoms with Gasteiger partial charge in [-0.3, -0.25) is 19.2 Å². The van der Waals surface area contributed by atoms with Gasteiger partial charge in [0.1, 0.15) is 6.54 Å². The highest BCUT2D eigenvalue weighted by Crippen LogP contribution is 2.20. The number of amides is 3. The molecule has 0 saturated heterocycles. The molecule has 0 aliphatic rings. The van der Waals surface area contributed by atoms with Crippen molar-refractivity contribution in [1.29, 1.82) is 0 Å². The quantitative estimate of drug-likeness (QED) is 0.503. The van der Waals surface area contributed by atoms with Crippen molar-refractivity contribution in [1.82, 2.24) is 10.6 Å². The zero-order valence-electron chi connectivity index (χ0n) is 17.8. The van der Waals surface area contributed by atoms with E-state index in [1.807, 2.05) is 32.0 Å². The molecule has 3 amide bonds. The van der Waals surface area contributed by atoms with Crippen LogP contribution in [0.3, 0.4) is 0 Å². The topological polar surface area (TPSA) is 114 Å². The van der Waals surface area contributed by atoms with Crippen molar-refractivity contribution in [3.05, 3.63) is 63.1 Å². The predicted octanol–water partition coefficient (Wildman–Crippen LogP) is 3.03. The molecule has 170 valence electrons. The highest BCUT2D eigenvalue weighted by Gasteiger charge is 2.19. The summed E-state index contributed by atoms with van der Waals surface area (Å²) in [7, 11) is 0. The molecule has 0 heterocycles. The van der Waals surface area contributed by atoms with Crippen LogP contribution in [0.15, 0.2) is 36.4 Å². The SMILES string of the molecule is Cc1ccc(C)c(NC(=O)C(C)OC(=O)CNC(=O)CNC(=O)c2ccc(Cl)cc2Cl)c1. The number of anilines is 1. The number of carbonyl (C=O) groups is 4. The predicted molar refractivity (Wildman–Crippen MR) is 122 cm³/mol. The Morgan fingerprint density at radius 1 is 0.969 bits per heavy atom. The lowest BCUT2D eigenvalue weighted by molar-refractivity contribution is -0.152. The highest BCUT2D eigenvalue weighted by molar-refractivity contribution is 6.36. The van der Waals surface area contributed by atoms with E-state index in [2.05, 4.69) is 16.0 Å². The van der Waals surface area contributed by atoms with E-state index in [0.717, 1.165) is 11.1 Å². The van der Waals surface area contributed by atoms with Crippen molar-refractivity contribution in [3.63, 3.8) is 0 Å². The fourth-order valence-electron chi connectivity index (χ4n) is 2.56. The van der Waals surface area contributed by atoms with Crippen LogP contribution in [0.4, 0.5) is 5.69 Å². The summed E-state index contributed by atoms with van der Waals surface area (Å²) in [4.78, 5) is 48.2. The summed E-state index contributed by atoms with van der Waals surface area (Å²) in [5.41, 5.74) is 2.63. The summed E-state index contributed by atoms with van der Waals surface area (Å²) in [6.07, 6.45) is -1.06. The summed E-state index contributed by atoms with van der Waals surface area (Å²) in [5, 5.41) is 7.92. The number of hydrogen-bond donors (Lipinski definition) is 3. The average Bonchev–Trinajstić information content (AvgIpc) is 2.73. The number of benzene rings is 2. The Morgan fingerprint density at radius 2 is 1.69 bits per heavy atom. The fourth-order valence-corrected chi connectivity index (χ4v) is 3.05. The Bertz CT molecular complexity index is 1040. The van der Waals surface area contributed by atoms with E-state index in [9.17, 15) is 19.2 Å². The van der Waals surface area contributed by atoms with Crippen molar-refractivity contribution < 1.29 is 23.9 Å². The van der Waals surface area contributed by atoms with Gasteiger partial charge in [0.15, 0.2) is 6.10 Å². The second-order valence-electron chi connectivity index (χ2n) is 7.02. The van der Waals surface area contributed by atoms with Gasteiger partial charge in [-0.1, -0.05) is 35.3 Å². The number of esters is 1. The molecule has 10 heteroatoms. The van der Waals surface area contributed by atoms with Crippen molar-refractivity contribution in [2.45, 2.75) is 26.9 Å². The summed E-state index contributed by atoms with van der Waals surface area (Å²) in [5.74, 6) is -2.48. The summed E-state index contributed by atoms with van der Waals surface area (Å²) in [6, 6.07) is 9.94. The van der Waals surface area contributed by atoms with Crippen LogP contribution in [0.2, 0.25) is 10.0 Å². The van der Waals surface area contributed by atoms with Crippen LogP contribution >= 0.6 is 23.2 Å². The maximum atomic E-state index is 12.3. The summed E-state index contributed by atoms with van der Waals surface area (Å²) < 4.78 is 5.04. The number of carbonyl (C=O) groups excluding carboxylic acids is 4. The van der Waals surface area contributed by atoms with E-state index in [1.54, 1.807) is 0 Å². The van der Waals surface area contributed by atoms with Gasteiger partial charge in [0.05, 0.1) is 17.1 Å². The van der Waals surface area contributed by atoms with Crippen LogP contribution in [0.1, 0.15) is 28.4 Å². The van der Waals surface area contributed by atoms with E-state index < -0.39 is 36.3 Å². The molecule has 8 nitrogen and oxygen atoms in total. The second kappa shape index (κ2) is 11.5. The maximum Gasteiger partial charge on any atom is 0.326 e. The standard InChI is InChI=1S/C22H23Cl2N3O5/c1-12-4-5-13(2)18(8-12)27-21(30)14(3)32-20(29)11-25-19(28)10-26-22(31)16-7-6-15(23)9-17(16)24/h4-9,14H,10-11H2,1-3H3,(H,25,28)(H,26,31)(H,27,30). The Labute approximate surface area is 195 Å². The van der Waals surface area contributed by atoms with E-state index in [0.29, 0.717) is 10.7 Å². The smallest absolute Gasteiger partial charge is 0.326 e. The van der Waals surface area contributed by atoms with Crippen LogP contribution in [0, 0.1) is 13.8 Å². The largest absolute Gasteiger partial charge is 0.451 e. The number of ether oxygens (including phenoxy) is 1. The Morgan fingerprint density at radius 3 is 2.38 bits per heavy atom. The first-order chi connectivity index (χ1) is 15.1. The molecule has 0 aromatic heterocycles. The van der Waals surface area contributed by atoms with Gasteiger partial charge < -0.3 is 20.7 Å². The minimum Gasteiger partial charge on any atom is -0.451 e. The molecular weight excluding hydrogens is 457 g/mol. The lowest BCUT2D eigenvalue weighted by atomic mass is 10.1. The molecule has 2 aromatic rings. The maximum absolute atomic E-state index is 12.3. The van der Waals surface area contributed by atoms with Gasteiger partial charge >= 0.3 is 5.97 Å². The minimum absolute atomic E-state index is 0.145. The Hall–Kier alpha value is -3.10. The number of rotatable bonds is 8. The molecule has 0 aliphatic carbocycles. The number of nitrogens with one attached hydrogen (secondary N) is 3. The first-order valence-corrected chi connectivity index (χ1v) is 10.4. The zero-order chi connectivity index (χ0) is 23.8. The molecule has 0 spiro atoms. The van der Waals surface area contributed by atoms with Crippen LogP contribution in [-0.2, 0) is 19.1 Å². The van der Waals surface area contributed by atoms with Gasteiger partial charge in [-0.15, -0.1) is 0 Å². The third kappa shape index (κ3) is 7.55. The van der Waals surface area contributed by atoms with Crippen molar-refractivity contribution in [2.24, 2.45) is 0 Å². The third-order valence-corrected chi connectivity index (χ3v) is 4.89. The molecule has 2 aromatic carbocycles. The molecule has 0 bridgehead atoms. The van der Waals surface area contributed by atoms with Gasteiger partial charge in [-0.2, -0.15) is 0 Å². The molecule has 2 rings (SSSR count). The monoisotopic (exact) mass is 479 g/mol. The minimum atomic E-state index is -1.06. The Kier molecular flexibility index (Phi) is 9.04. The summed E-state index contributed by atoms with van der Waals surface area (Å²) in [6.45, 7) is 4.33. The lowest BCUT2D eigenvalue weighted by Gasteiger charge is -2.15. The van der Waals surface area contributed by atoms with Gasteiger partial charge in [-0.05, 0) is 56.2 Å². The van der Waals surface area contributed by atoms with Gasteiger partial charge in [0.2, 0.25) is 5.91 Å². The van der Waals surface area contributed by atoms with Gasteiger partial charge in [0, 0.05) is 10.7 Å². The molecule has 1 unspecified atom stereocenters. The van der Waals surface area contributed by atoms with Crippen LogP contribution in [-0.4, -0.2) is 42.9 Å². The van der Waals surface area contributed by atoms with Crippen LogP contribution < -0.4 is 16.0 Å². The van der Waals surface area contributed by atoms with E-state index >= 15 is 0 Å². The van der Waals surface area contributed by atoms with E-state index in [1.165, 1.54) is 25.1 Å². The molecule has 32 heavy (non-hydrogen) atoms. The first-order valence-electron chi connectivity index (χ1n) is 9.64. The lowest BCUT2D eigenvalue weighted by Crippen LogP contribution is -2.40. The van der Waals surface area contributed by atoms with Crippen molar-refractivity contribution >= 4 is 52.6 Å². The van der Waals surface area contributed by atoms with Gasteiger partial charge in [0.25, 0.3) is 11.8 Å². The molecule has 0 radical (unpaired) electrons. The normalized spacial score (nSPS) is 11.3. The molecule has 0 aliphatic heterocycles. The van der Waals surface area contributed by atoms with Crippen LogP contribution in [0.5, 0.6) is 0 Å². The highest BCUT2D eigenvalue weighted by atomic mass is 35.5. The fraction of sp³-hybridized carbons (Fsp3) is 0.273. The van der Waals surface area contributed by atoms with E-state index in [-0.39, 0.29) is 17.1 Å². The van der Waals surface area contributed by atoms with Gasteiger partial charge in [-0.25, -0.2) is 0 Å². The number of aryl methyl sites for hydroxylation is 2. The Balaban J connectivity index is 1.75. The molecular formula is C22H23Cl2N3O5. The van der Waals surface area contributed by atoms with Crippen molar-refractivity contribution in [3.8, 4) is 0 Å². The van der Waals surface area contributed by atoms with Crippen LogP contribution in [0.25, 0.3) is 0 Å². The number of halogens is 2. The molecule has 0 saturated carbocycles. The van der Waals surface area contributed by atoms with E-state index in [4.69, 9.17) is 27.9 Å². The summed E-state index contributed by atoms with van der Waals surface area (Å²) >= 11 is 11.7. The average molecular weight is 480 g/mol. The molecule has 0 fully saturated rings. The third-order valence-electron chi connectivity index (χ3n) is 4.34. The molecule has 3 N–H and O–H groups in total.